The quantitative estimate of drug-likeness (QED) is 0.740. The Labute approximate surface area is 92.0 Å². The monoisotopic (exact) mass is 214 g/mol. The lowest BCUT2D eigenvalue weighted by atomic mass is 9.86. The van der Waals surface area contributed by atoms with Gasteiger partial charge in [-0.1, -0.05) is 0 Å². The minimum absolute atomic E-state index is 0.198. The zero-order chi connectivity index (χ0) is 11.5. The summed E-state index contributed by atoms with van der Waals surface area (Å²) >= 11 is 0. The number of amides is 1. The van der Waals surface area contributed by atoms with Crippen molar-refractivity contribution >= 4 is 5.91 Å². The van der Waals surface area contributed by atoms with Gasteiger partial charge in [0.25, 0.3) is 0 Å². The van der Waals surface area contributed by atoms with Crippen LogP contribution in [-0.4, -0.2) is 50.7 Å². The van der Waals surface area contributed by atoms with Crippen LogP contribution in [0.15, 0.2) is 0 Å². The first-order chi connectivity index (χ1) is 7.03. The van der Waals surface area contributed by atoms with Crippen molar-refractivity contribution in [2.45, 2.75) is 26.3 Å². The summed E-state index contributed by atoms with van der Waals surface area (Å²) in [5, 5.41) is 3.25. The van der Waals surface area contributed by atoms with Crippen LogP contribution in [0.2, 0.25) is 0 Å². The Hall–Kier alpha value is -0.610. The second-order valence-corrected chi connectivity index (χ2v) is 4.65. The molecule has 0 aromatic rings. The number of rotatable bonds is 4. The van der Waals surface area contributed by atoms with Crippen LogP contribution < -0.4 is 5.32 Å². The van der Waals surface area contributed by atoms with E-state index >= 15 is 0 Å². The van der Waals surface area contributed by atoms with Crippen molar-refractivity contribution in [2.75, 3.05) is 33.9 Å². The molecule has 1 heterocycles. The lowest BCUT2D eigenvalue weighted by molar-refractivity contribution is -0.144. The van der Waals surface area contributed by atoms with Gasteiger partial charge in [-0.25, -0.2) is 0 Å². The van der Waals surface area contributed by atoms with Crippen molar-refractivity contribution in [1.29, 1.82) is 0 Å². The average molecular weight is 214 g/mol. The summed E-state index contributed by atoms with van der Waals surface area (Å²) in [5.74, 6) is 0.198. The number of ether oxygens (including phenoxy) is 1. The van der Waals surface area contributed by atoms with Crippen molar-refractivity contribution < 1.29 is 9.53 Å². The van der Waals surface area contributed by atoms with Crippen LogP contribution in [0.3, 0.4) is 0 Å². The van der Waals surface area contributed by atoms with Gasteiger partial charge in [-0.15, -0.1) is 0 Å². The number of carbonyl (C=O) groups excluding carboxylic acids is 1. The van der Waals surface area contributed by atoms with Crippen molar-refractivity contribution in [3.05, 3.63) is 0 Å². The fourth-order valence-electron chi connectivity index (χ4n) is 2.00. The highest BCUT2D eigenvalue weighted by atomic mass is 16.5. The van der Waals surface area contributed by atoms with Gasteiger partial charge >= 0.3 is 0 Å². The second kappa shape index (κ2) is 4.94. The first-order valence-corrected chi connectivity index (χ1v) is 5.50. The largest absolute Gasteiger partial charge is 0.384 e. The van der Waals surface area contributed by atoms with E-state index < -0.39 is 0 Å². The van der Waals surface area contributed by atoms with Crippen molar-refractivity contribution in [3.8, 4) is 0 Å². The van der Waals surface area contributed by atoms with Crippen LogP contribution in [0.25, 0.3) is 0 Å². The highest BCUT2D eigenvalue weighted by Crippen LogP contribution is 2.28. The third-order valence-corrected chi connectivity index (χ3v) is 3.21. The molecule has 0 aromatic carbocycles. The standard InChI is InChI=1S/C11H22N2O2/c1-9(2)13(3)10(14)11(8-15-4)5-6-12-7-11/h9,12H,5-8H2,1-4H3. The minimum atomic E-state index is -0.340. The van der Waals surface area contributed by atoms with Crippen LogP contribution >= 0.6 is 0 Å². The normalized spacial score (nSPS) is 25.9. The third kappa shape index (κ3) is 2.49. The molecule has 1 saturated heterocycles. The Kier molecular flexibility index (Phi) is 4.11. The molecule has 1 aliphatic rings. The lowest BCUT2D eigenvalue weighted by Crippen LogP contribution is -2.48. The molecular weight excluding hydrogens is 192 g/mol. The zero-order valence-corrected chi connectivity index (χ0v) is 10.2. The molecule has 15 heavy (non-hydrogen) atoms. The van der Waals surface area contributed by atoms with Gasteiger partial charge < -0.3 is 15.0 Å². The molecule has 4 nitrogen and oxygen atoms in total. The van der Waals surface area contributed by atoms with E-state index in [1.54, 1.807) is 7.11 Å². The third-order valence-electron chi connectivity index (χ3n) is 3.21. The van der Waals surface area contributed by atoms with E-state index in [4.69, 9.17) is 4.74 Å². The minimum Gasteiger partial charge on any atom is -0.384 e. The zero-order valence-electron chi connectivity index (χ0n) is 10.2. The van der Waals surface area contributed by atoms with Crippen LogP contribution in [0.5, 0.6) is 0 Å². The van der Waals surface area contributed by atoms with E-state index in [2.05, 4.69) is 5.32 Å². The topological polar surface area (TPSA) is 41.6 Å². The number of nitrogens with zero attached hydrogens (tertiary/aromatic N) is 1. The number of methoxy groups -OCH3 is 1. The molecule has 1 fully saturated rings. The molecule has 1 N–H and O–H groups in total. The highest BCUT2D eigenvalue weighted by Gasteiger charge is 2.43. The van der Waals surface area contributed by atoms with Crippen molar-refractivity contribution in [1.82, 2.24) is 10.2 Å². The Morgan fingerprint density at radius 3 is 2.67 bits per heavy atom. The predicted octanol–water partition coefficient (Wildman–Crippen LogP) is 0.479. The van der Waals surface area contributed by atoms with E-state index in [1.165, 1.54) is 0 Å². The molecule has 88 valence electrons. The molecule has 1 rings (SSSR count). The maximum atomic E-state index is 12.3. The molecular formula is C11H22N2O2. The van der Waals surface area contributed by atoms with E-state index in [-0.39, 0.29) is 17.4 Å². The van der Waals surface area contributed by atoms with Gasteiger partial charge in [-0.3, -0.25) is 4.79 Å². The second-order valence-electron chi connectivity index (χ2n) is 4.65. The number of hydrogen-bond acceptors (Lipinski definition) is 3. The van der Waals surface area contributed by atoms with Crippen molar-refractivity contribution in [3.63, 3.8) is 0 Å². The smallest absolute Gasteiger partial charge is 0.232 e. The molecule has 0 aromatic heterocycles. The number of carbonyl (C=O) groups is 1. The van der Waals surface area contributed by atoms with Gasteiger partial charge in [0.05, 0.1) is 12.0 Å². The van der Waals surface area contributed by atoms with Crippen LogP contribution in [0, 0.1) is 5.41 Å². The summed E-state index contributed by atoms with van der Waals surface area (Å²) in [6.07, 6.45) is 0.872. The van der Waals surface area contributed by atoms with E-state index in [1.807, 2.05) is 25.8 Å². The Balaban J connectivity index is 2.75. The number of nitrogens with one attached hydrogen (secondary N) is 1. The molecule has 1 unspecified atom stereocenters. The summed E-state index contributed by atoms with van der Waals surface area (Å²) in [7, 11) is 3.52. The number of hydrogen-bond donors (Lipinski definition) is 1. The molecule has 1 atom stereocenters. The van der Waals surface area contributed by atoms with Gasteiger partial charge in [-0.2, -0.15) is 0 Å². The average Bonchev–Trinajstić information content (AvgIpc) is 2.66. The van der Waals surface area contributed by atoms with Gasteiger partial charge in [0, 0.05) is 26.7 Å². The van der Waals surface area contributed by atoms with Crippen LogP contribution in [0.1, 0.15) is 20.3 Å². The summed E-state index contributed by atoms with van der Waals surface area (Å²) in [5.41, 5.74) is -0.340. The molecule has 0 saturated carbocycles. The van der Waals surface area contributed by atoms with Crippen LogP contribution in [0.4, 0.5) is 0 Å². The van der Waals surface area contributed by atoms with E-state index in [0.717, 1.165) is 19.5 Å². The van der Waals surface area contributed by atoms with E-state index in [9.17, 15) is 4.79 Å². The fourth-order valence-corrected chi connectivity index (χ4v) is 2.00. The lowest BCUT2D eigenvalue weighted by Gasteiger charge is -2.33. The fraction of sp³-hybridized carbons (Fsp3) is 0.909. The van der Waals surface area contributed by atoms with Gasteiger partial charge in [0.2, 0.25) is 5.91 Å². The maximum absolute atomic E-state index is 12.3. The molecule has 1 amide bonds. The SMILES string of the molecule is COCC1(C(=O)N(C)C(C)C)CCNC1. The van der Waals surface area contributed by atoms with Crippen LogP contribution in [-0.2, 0) is 9.53 Å². The predicted molar refractivity (Wildman–Crippen MR) is 59.7 cm³/mol. The van der Waals surface area contributed by atoms with Gasteiger partial charge in [0.15, 0.2) is 0 Å². The molecule has 0 radical (unpaired) electrons. The molecule has 0 spiro atoms. The summed E-state index contributed by atoms with van der Waals surface area (Å²) in [6.45, 7) is 6.20. The Morgan fingerprint density at radius 1 is 1.60 bits per heavy atom. The molecule has 1 aliphatic heterocycles. The van der Waals surface area contributed by atoms with Gasteiger partial charge in [0.1, 0.15) is 0 Å². The van der Waals surface area contributed by atoms with E-state index in [0.29, 0.717) is 6.61 Å². The Bertz CT molecular complexity index is 223. The van der Waals surface area contributed by atoms with Gasteiger partial charge in [-0.05, 0) is 26.8 Å². The summed E-state index contributed by atoms with van der Waals surface area (Å²) < 4.78 is 5.19. The Morgan fingerprint density at radius 2 is 2.27 bits per heavy atom. The molecule has 0 aliphatic carbocycles. The van der Waals surface area contributed by atoms with Crippen molar-refractivity contribution in [2.24, 2.45) is 5.41 Å². The highest BCUT2D eigenvalue weighted by molar-refractivity contribution is 5.83. The molecule has 0 bridgehead atoms. The first-order valence-electron chi connectivity index (χ1n) is 5.50. The maximum Gasteiger partial charge on any atom is 0.232 e. The summed E-state index contributed by atoms with van der Waals surface area (Å²) in [6, 6.07) is 0.242. The molecule has 4 heteroatoms. The first kappa shape index (κ1) is 12.5. The summed E-state index contributed by atoms with van der Waals surface area (Å²) in [4.78, 5) is 14.1.